The summed E-state index contributed by atoms with van der Waals surface area (Å²) in [4.78, 5) is 0. The zero-order valence-electron chi connectivity index (χ0n) is 74.9. The Morgan fingerprint density at radius 3 is 1.14 bits per heavy atom. The van der Waals surface area contributed by atoms with E-state index in [0.717, 1.165) is 27.9 Å². The van der Waals surface area contributed by atoms with Crippen molar-refractivity contribution in [2.24, 2.45) is 28.2 Å². The van der Waals surface area contributed by atoms with Crippen molar-refractivity contribution >= 4 is 86.3 Å². The van der Waals surface area contributed by atoms with Gasteiger partial charge in [-0.2, -0.15) is 18.3 Å². The van der Waals surface area contributed by atoms with Crippen LogP contribution in [-0.4, -0.2) is 4.57 Å². The molecule has 21 rings (SSSR count). The van der Waals surface area contributed by atoms with Crippen LogP contribution in [0.2, 0.25) is 0 Å². The second-order valence-corrected chi connectivity index (χ2v) is 35.2. The maximum atomic E-state index is 8.20. The van der Waals surface area contributed by atoms with E-state index in [0.29, 0.717) is 18.1 Å². The van der Waals surface area contributed by atoms with Crippen molar-refractivity contribution in [1.29, 1.82) is 0 Å². The quantitative estimate of drug-likeness (QED) is 0.128. The Hall–Kier alpha value is -13.5. The van der Waals surface area contributed by atoms with E-state index in [1.807, 2.05) is 30.4 Å². The van der Waals surface area contributed by atoms with Gasteiger partial charge in [0.15, 0.2) is 22.8 Å². The lowest BCUT2D eigenvalue weighted by atomic mass is 9.81. The molecular weight excluding hydrogens is 1500 g/mol. The van der Waals surface area contributed by atoms with Gasteiger partial charge in [-0.15, -0.1) is 11.3 Å². The monoisotopic (exact) mass is 1600 g/mol. The van der Waals surface area contributed by atoms with Crippen LogP contribution in [0.15, 0.2) is 339 Å². The molecule has 0 radical (unpaired) electrons. The summed E-state index contributed by atoms with van der Waals surface area (Å²) >= 11 is 1.81. The van der Waals surface area contributed by atoms with E-state index in [1.165, 1.54) is 204 Å². The maximum absolute atomic E-state index is 8.20. The SMILES string of the molecule is Cc1cc2c(cc1-c1c3ccc(-c4ccccc4)cc3cc(C)[n+]1C)C(C)(C)c1ccccc1-2.Cc1cc2c3ccccc3n(C(C)C)c2cc1-c1c2ccc(-c3ccccc3)cc2cc(C)[n+]1C.Cc1cc2ccsc2cc1-c1c2ccc(-c3ccccc3)cc2cc(C)[n+]1C.[2H]c1cc([2H])c(C)c(-c2c3ccc(-c4ccccc4)cc3cc(C)[n+]2C)c1. The molecule has 596 valence electrons. The Labute approximate surface area is 725 Å². The summed E-state index contributed by atoms with van der Waals surface area (Å²) in [6.07, 6.45) is 0. The Bertz CT molecular complexity index is 7630. The van der Waals surface area contributed by atoms with Crippen molar-refractivity contribution in [2.75, 3.05) is 0 Å². The van der Waals surface area contributed by atoms with Gasteiger partial charge in [0.1, 0.15) is 28.2 Å². The molecule has 20 aromatic rings. The number of nitrogens with zero attached hydrogens (tertiary/aromatic N) is 5. The van der Waals surface area contributed by atoms with Crippen molar-refractivity contribution in [3.63, 3.8) is 0 Å². The van der Waals surface area contributed by atoms with E-state index < -0.39 is 0 Å². The number of hydrogen-bond donors (Lipinski definition) is 0. The van der Waals surface area contributed by atoms with E-state index in [-0.39, 0.29) is 5.41 Å². The van der Waals surface area contributed by atoms with Gasteiger partial charge in [0.2, 0.25) is 22.8 Å². The highest BCUT2D eigenvalue weighted by Crippen LogP contribution is 2.51. The van der Waals surface area contributed by atoms with Crippen LogP contribution in [0.5, 0.6) is 0 Å². The predicted octanol–water partition coefficient (Wildman–Crippen LogP) is 28.7. The van der Waals surface area contributed by atoms with Crippen LogP contribution >= 0.6 is 11.3 Å². The second-order valence-electron chi connectivity index (χ2n) is 34.3. The van der Waals surface area contributed by atoms with E-state index in [1.54, 1.807) is 6.07 Å². The lowest BCUT2D eigenvalue weighted by molar-refractivity contribution is -0.665. The number of benzene rings is 14. The molecule has 0 bridgehead atoms. The van der Waals surface area contributed by atoms with E-state index >= 15 is 0 Å². The number of aryl methyl sites for hydroxylation is 7. The van der Waals surface area contributed by atoms with Gasteiger partial charge in [-0.3, -0.25) is 0 Å². The van der Waals surface area contributed by atoms with Crippen LogP contribution in [-0.2, 0) is 33.6 Å². The van der Waals surface area contributed by atoms with Crippen LogP contribution < -0.4 is 18.3 Å². The molecule has 6 aromatic heterocycles. The molecule has 0 amide bonds. The Morgan fingerprint density at radius 1 is 0.287 bits per heavy atom. The van der Waals surface area contributed by atoms with Crippen molar-refractivity contribution < 1.29 is 21.0 Å². The summed E-state index contributed by atoms with van der Waals surface area (Å²) < 4.78 is 29.3. The summed E-state index contributed by atoms with van der Waals surface area (Å²) in [6, 6.07) is 117. The van der Waals surface area contributed by atoms with Crippen molar-refractivity contribution in [2.45, 2.75) is 94.5 Å². The molecule has 0 saturated carbocycles. The zero-order chi connectivity index (χ0) is 86.3. The van der Waals surface area contributed by atoms with Gasteiger partial charge in [0.05, 0.1) is 46.5 Å². The third kappa shape index (κ3) is 14.5. The molecule has 0 saturated heterocycles. The average Bonchev–Trinajstić information content (AvgIpc) is 1.58. The summed E-state index contributed by atoms with van der Waals surface area (Å²) in [5, 5.41) is 16.2. The second kappa shape index (κ2) is 32.6. The minimum atomic E-state index is -0.00689. The highest BCUT2D eigenvalue weighted by atomic mass is 32.1. The summed E-state index contributed by atoms with van der Waals surface area (Å²) in [7, 11) is 8.61. The largest absolute Gasteiger partial charge is 0.338 e. The van der Waals surface area contributed by atoms with E-state index in [9.17, 15) is 0 Å². The first-order valence-electron chi connectivity index (χ1n) is 43.7. The molecule has 1 aliphatic carbocycles. The van der Waals surface area contributed by atoms with Crippen molar-refractivity contribution in [3.8, 4) is 101 Å². The van der Waals surface area contributed by atoms with E-state index in [4.69, 9.17) is 2.74 Å². The van der Waals surface area contributed by atoms with Crippen molar-refractivity contribution in [3.05, 3.63) is 395 Å². The molecule has 0 atom stereocenters. The Morgan fingerprint density at radius 2 is 0.680 bits per heavy atom. The summed E-state index contributed by atoms with van der Waals surface area (Å²) in [6.45, 7) is 26.7. The number of hydrogen-bond acceptors (Lipinski definition) is 1. The highest BCUT2D eigenvalue weighted by Gasteiger charge is 2.37. The summed E-state index contributed by atoms with van der Waals surface area (Å²) in [5.41, 5.74) is 37.7. The fourth-order valence-electron chi connectivity index (χ4n) is 19.0. The third-order valence-electron chi connectivity index (χ3n) is 25.9. The lowest BCUT2D eigenvalue weighted by Crippen LogP contribution is -2.35. The molecule has 122 heavy (non-hydrogen) atoms. The third-order valence-corrected chi connectivity index (χ3v) is 26.8. The fourth-order valence-corrected chi connectivity index (χ4v) is 19.8. The molecule has 0 aliphatic heterocycles. The first-order chi connectivity index (χ1) is 59.9. The number of rotatable bonds is 9. The van der Waals surface area contributed by atoms with Gasteiger partial charge in [-0.25, -0.2) is 0 Å². The minimum absolute atomic E-state index is 0.00689. The van der Waals surface area contributed by atoms with Crippen LogP contribution in [0.4, 0.5) is 0 Å². The normalized spacial score (nSPS) is 12.3. The zero-order valence-corrected chi connectivity index (χ0v) is 73.7. The van der Waals surface area contributed by atoms with Gasteiger partial charge in [0.25, 0.3) is 0 Å². The van der Waals surface area contributed by atoms with Gasteiger partial charge >= 0.3 is 0 Å². The van der Waals surface area contributed by atoms with Crippen molar-refractivity contribution in [1.82, 2.24) is 4.57 Å². The lowest BCUT2D eigenvalue weighted by Gasteiger charge is -2.22. The number of fused-ring (bicyclic) bond motifs is 11. The number of aromatic nitrogens is 5. The number of para-hydroxylation sites is 1. The first kappa shape index (κ1) is 77.1. The molecule has 0 unspecified atom stereocenters. The predicted molar refractivity (Wildman–Crippen MR) is 518 cm³/mol. The van der Waals surface area contributed by atoms with Crippen LogP contribution in [0.25, 0.3) is 176 Å². The first-order valence-corrected chi connectivity index (χ1v) is 43.6. The maximum Gasteiger partial charge on any atom is 0.220 e. The highest BCUT2D eigenvalue weighted by molar-refractivity contribution is 7.17. The summed E-state index contributed by atoms with van der Waals surface area (Å²) in [5.74, 6) is 0. The molecule has 5 nitrogen and oxygen atoms in total. The Balaban J connectivity index is 0.000000113. The standard InChI is InChI=1S/C33H31N2.C33H30N.C26H22NS.C24H22N/c1-21(2)35-31-14-10-9-13-28(31)30-17-22(3)29(20-32(30)35)33-27-16-15-25(24-11-7-6-8-12-24)19-26(27)18-23(4)34(33)5;1-21-17-29-27-13-9-10-14-30(27)33(3,4)31(29)20-28(21)32-26-16-15-24(23-11-7-6-8-12-23)19-25(26)18-22(2)34(32)5;1-17-13-21-11-12-28-25(21)16-24(17)26-23-10-9-20(19-7-5-4-6-8-19)15-22(23)14-18(2)27(26)3;1-17-9-7-8-12-22(17)24-23-14-13-20(19-10-5-4-6-11-19)16-21(23)15-18(2)25(24)3/h6-21H,1-5H3;6-20H,1-5H3;4-16H,1-3H3;4-16H,1-3H3/q4*+1/i;;;8D,9D. The Kier molecular flexibility index (Phi) is 20.6. The van der Waals surface area contributed by atoms with Gasteiger partial charge in [0, 0.05) is 90.0 Å². The molecule has 14 aromatic carbocycles. The fraction of sp³-hybridized carbons (Fsp3) is 0.155. The smallest absolute Gasteiger partial charge is 0.220 e. The van der Waals surface area contributed by atoms with Gasteiger partial charge < -0.3 is 4.57 Å². The van der Waals surface area contributed by atoms with Gasteiger partial charge in [-0.05, 0) is 260 Å². The molecule has 6 heterocycles. The molecule has 0 spiro atoms. The minimum Gasteiger partial charge on any atom is -0.338 e. The number of thiophene rings is 1. The molecule has 0 fully saturated rings. The molecule has 0 N–H and O–H groups in total. The molecule has 1 aliphatic rings. The van der Waals surface area contributed by atoms with Crippen LogP contribution in [0.3, 0.4) is 0 Å². The number of pyridine rings is 4. The van der Waals surface area contributed by atoms with E-state index in [2.05, 4.69) is 436 Å². The van der Waals surface area contributed by atoms with Crippen LogP contribution in [0, 0.1) is 55.4 Å². The average molecular weight is 1600 g/mol. The topological polar surface area (TPSA) is 20.4 Å². The van der Waals surface area contributed by atoms with Gasteiger partial charge in [-0.1, -0.05) is 226 Å². The van der Waals surface area contributed by atoms with Crippen LogP contribution in [0.1, 0.15) is 92.6 Å². The molecular formula is C116H105N5S+4. The molecule has 6 heteroatoms.